The zero-order valence-corrected chi connectivity index (χ0v) is 12.0. The van der Waals surface area contributed by atoms with Crippen molar-refractivity contribution in [1.82, 2.24) is 9.88 Å². The number of fused-ring (bicyclic) bond motifs is 1. The molecule has 0 radical (unpaired) electrons. The first kappa shape index (κ1) is 13.2. The second-order valence-corrected chi connectivity index (χ2v) is 5.61. The van der Waals surface area contributed by atoms with E-state index in [1.807, 2.05) is 30.5 Å². The average molecular weight is 270 g/mol. The van der Waals surface area contributed by atoms with Crippen molar-refractivity contribution in [3.8, 4) is 0 Å². The highest BCUT2D eigenvalue weighted by atomic mass is 15.2. The summed E-state index contributed by atoms with van der Waals surface area (Å²) in [6.45, 7) is 5.72. The Balaban J connectivity index is 1.74. The van der Waals surface area contributed by atoms with E-state index < -0.39 is 0 Å². The predicted molar refractivity (Wildman–Crippen MR) is 84.9 cm³/mol. The van der Waals surface area contributed by atoms with Crippen LogP contribution in [0.1, 0.15) is 19.8 Å². The highest BCUT2D eigenvalue weighted by Crippen LogP contribution is 2.23. The summed E-state index contributed by atoms with van der Waals surface area (Å²) in [5.41, 5.74) is 8.66. The number of likely N-dealkylation sites (tertiary alicyclic amines) is 1. The number of anilines is 2. The van der Waals surface area contributed by atoms with Crippen molar-refractivity contribution in [3.63, 3.8) is 0 Å². The van der Waals surface area contributed by atoms with E-state index in [1.54, 1.807) is 0 Å². The van der Waals surface area contributed by atoms with Gasteiger partial charge in [0, 0.05) is 35.5 Å². The first-order chi connectivity index (χ1) is 9.74. The lowest BCUT2D eigenvalue weighted by Gasteiger charge is -2.24. The van der Waals surface area contributed by atoms with E-state index in [0.29, 0.717) is 6.04 Å². The molecule has 4 nitrogen and oxygen atoms in total. The monoisotopic (exact) mass is 270 g/mol. The van der Waals surface area contributed by atoms with Crippen molar-refractivity contribution in [2.45, 2.75) is 25.8 Å². The molecule has 3 N–H and O–H groups in total. The summed E-state index contributed by atoms with van der Waals surface area (Å²) < 4.78 is 0. The minimum Gasteiger partial charge on any atom is -0.399 e. The molecule has 20 heavy (non-hydrogen) atoms. The standard InChI is InChI=1S/C16H22N4/c1-12(20-8-2-3-9-20)11-19-15-6-7-18-16-10-13(17)4-5-14(15)16/h4-7,10,12H,2-3,8-9,11,17H2,1H3,(H,18,19). The fourth-order valence-corrected chi connectivity index (χ4v) is 2.89. The largest absolute Gasteiger partial charge is 0.399 e. The van der Waals surface area contributed by atoms with Crippen LogP contribution in [0.3, 0.4) is 0 Å². The number of nitrogens with two attached hydrogens (primary N) is 1. The van der Waals surface area contributed by atoms with Gasteiger partial charge in [-0.25, -0.2) is 0 Å². The molecule has 1 fully saturated rings. The van der Waals surface area contributed by atoms with Crippen molar-refractivity contribution in [1.29, 1.82) is 0 Å². The number of aromatic nitrogens is 1. The third-order valence-corrected chi connectivity index (χ3v) is 4.12. The molecule has 3 rings (SSSR count). The van der Waals surface area contributed by atoms with Crippen LogP contribution >= 0.6 is 0 Å². The Morgan fingerprint density at radius 2 is 2.10 bits per heavy atom. The number of nitrogens with zero attached hydrogens (tertiary/aromatic N) is 2. The lowest BCUT2D eigenvalue weighted by molar-refractivity contribution is 0.269. The van der Waals surface area contributed by atoms with Crippen LogP contribution in [-0.4, -0.2) is 35.6 Å². The van der Waals surface area contributed by atoms with Crippen LogP contribution in [-0.2, 0) is 0 Å². The normalized spacial score (nSPS) is 17.4. The highest BCUT2D eigenvalue weighted by molar-refractivity contribution is 5.92. The minimum atomic E-state index is 0.564. The van der Waals surface area contributed by atoms with Crippen LogP contribution < -0.4 is 11.1 Å². The van der Waals surface area contributed by atoms with Crippen LogP contribution in [0.2, 0.25) is 0 Å². The molecule has 2 heterocycles. The number of hydrogen-bond acceptors (Lipinski definition) is 4. The van der Waals surface area contributed by atoms with Crippen molar-refractivity contribution in [2.75, 3.05) is 30.7 Å². The number of hydrogen-bond donors (Lipinski definition) is 2. The van der Waals surface area contributed by atoms with Crippen molar-refractivity contribution < 1.29 is 0 Å². The number of pyridine rings is 1. The van der Waals surface area contributed by atoms with Gasteiger partial charge in [-0.1, -0.05) is 0 Å². The molecule has 4 heteroatoms. The Morgan fingerprint density at radius 1 is 1.30 bits per heavy atom. The molecule has 1 aromatic heterocycles. The summed E-state index contributed by atoms with van der Waals surface area (Å²) >= 11 is 0. The molecule has 0 spiro atoms. The maximum absolute atomic E-state index is 5.81. The van der Waals surface area contributed by atoms with Crippen LogP contribution in [0, 0.1) is 0 Å². The zero-order chi connectivity index (χ0) is 13.9. The topological polar surface area (TPSA) is 54.2 Å². The van der Waals surface area contributed by atoms with Crippen LogP contribution in [0.5, 0.6) is 0 Å². The van der Waals surface area contributed by atoms with Crippen LogP contribution in [0.25, 0.3) is 10.9 Å². The molecule has 106 valence electrons. The van der Waals surface area contributed by atoms with Crippen molar-refractivity contribution in [3.05, 3.63) is 30.5 Å². The molecule has 2 aromatic rings. The third kappa shape index (κ3) is 2.70. The maximum Gasteiger partial charge on any atom is 0.0743 e. The van der Waals surface area contributed by atoms with E-state index in [-0.39, 0.29) is 0 Å². The van der Waals surface area contributed by atoms with E-state index in [2.05, 4.69) is 22.1 Å². The van der Waals surface area contributed by atoms with Gasteiger partial charge in [0.05, 0.1) is 5.52 Å². The fraction of sp³-hybridized carbons (Fsp3) is 0.438. The number of rotatable bonds is 4. The minimum absolute atomic E-state index is 0.564. The Hall–Kier alpha value is -1.81. The number of nitrogen functional groups attached to an aromatic ring is 1. The summed E-state index contributed by atoms with van der Waals surface area (Å²) in [7, 11) is 0. The van der Waals surface area contributed by atoms with Crippen LogP contribution in [0.4, 0.5) is 11.4 Å². The molecular weight excluding hydrogens is 248 g/mol. The van der Waals surface area contributed by atoms with Gasteiger partial charge in [0.1, 0.15) is 0 Å². The molecule has 1 aliphatic rings. The first-order valence-corrected chi connectivity index (χ1v) is 7.36. The first-order valence-electron chi connectivity index (χ1n) is 7.36. The Morgan fingerprint density at radius 3 is 2.90 bits per heavy atom. The van der Waals surface area contributed by atoms with Gasteiger partial charge in [-0.3, -0.25) is 9.88 Å². The van der Waals surface area contributed by atoms with Crippen molar-refractivity contribution in [2.24, 2.45) is 0 Å². The Kier molecular flexibility index (Phi) is 3.74. The molecule has 0 saturated carbocycles. The summed E-state index contributed by atoms with van der Waals surface area (Å²) in [5.74, 6) is 0. The molecule has 0 aliphatic carbocycles. The average Bonchev–Trinajstić information content (AvgIpc) is 2.98. The van der Waals surface area contributed by atoms with Gasteiger partial charge in [-0.15, -0.1) is 0 Å². The summed E-state index contributed by atoms with van der Waals surface area (Å²) in [6.07, 6.45) is 4.51. The van der Waals surface area contributed by atoms with E-state index in [0.717, 1.165) is 28.8 Å². The second kappa shape index (κ2) is 5.67. The Labute approximate surface area is 120 Å². The van der Waals surface area contributed by atoms with E-state index in [1.165, 1.54) is 25.9 Å². The molecule has 1 saturated heterocycles. The predicted octanol–water partition coefficient (Wildman–Crippen LogP) is 2.71. The van der Waals surface area contributed by atoms with Crippen LogP contribution in [0.15, 0.2) is 30.5 Å². The van der Waals surface area contributed by atoms with E-state index >= 15 is 0 Å². The molecule has 1 aliphatic heterocycles. The van der Waals surface area contributed by atoms with E-state index in [4.69, 9.17) is 5.73 Å². The molecular formula is C16H22N4. The van der Waals surface area contributed by atoms with Gasteiger partial charge < -0.3 is 11.1 Å². The van der Waals surface area contributed by atoms with E-state index in [9.17, 15) is 0 Å². The quantitative estimate of drug-likeness (QED) is 0.839. The van der Waals surface area contributed by atoms with Gasteiger partial charge in [0.15, 0.2) is 0 Å². The number of nitrogens with one attached hydrogen (secondary N) is 1. The van der Waals surface area contributed by atoms with Gasteiger partial charge in [-0.2, -0.15) is 0 Å². The van der Waals surface area contributed by atoms with Gasteiger partial charge in [-0.05, 0) is 57.1 Å². The summed E-state index contributed by atoms with van der Waals surface area (Å²) in [6, 6.07) is 8.49. The molecule has 1 unspecified atom stereocenters. The zero-order valence-electron chi connectivity index (χ0n) is 12.0. The SMILES string of the molecule is CC(CNc1ccnc2cc(N)ccc12)N1CCCC1. The van der Waals surface area contributed by atoms with Crippen molar-refractivity contribution >= 4 is 22.3 Å². The molecule has 0 bridgehead atoms. The lowest BCUT2D eigenvalue weighted by Crippen LogP contribution is -2.35. The molecule has 1 aromatic carbocycles. The summed E-state index contributed by atoms with van der Waals surface area (Å²) in [4.78, 5) is 6.93. The smallest absolute Gasteiger partial charge is 0.0743 e. The van der Waals surface area contributed by atoms with Gasteiger partial charge in [0.2, 0.25) is 0 Å². The fourth-order valence-electron chi connectivity index (χ4n) is 2.89. The molecule has 1 atom stereocenters. The number of benzene rings is 1. The second-order valence-electron chi connectivity index (χ2n) is 5.61. The molecule has 0 amide bonds. The lowest BCUT2D eigenvalue weighted by atomic mass is 10.1. The van der Waals surface area contributed by atoms with Gasteiger partial charge in [0.25, 0.3) is 0 Å². The highest BCUT2D eigenvalue weighted by Gasteiger charge is 2.17. The third-order valence-electron chi connectivity index (χ3n) is 4.12. The van der Waals surface area contributed by atoms with Gasteiger partial charge >= 0.3 is 0 Å². The Bertz CT molecular complexity index is 590. The summed E-state index contributed by atoms with van der Waals surface area (Å²) in [5, 5.41) is 4.70. The maximum atomic E-state index is 5.81.